The van der Waals surface area contributed by atoms with Crippen molar-refractivity contribution in [3.05, 3.63) is 57.5 Å². The molecule has 0 aliphatic carbocycles. The van der Waals surface area contributed by atoms with Crippen molar-refractivity contribution in [2.75, 3.05) is 17.2 Å². The van der Waals surface area contributed by atoms with Crippen LogP contribution in [-0.2, 0) is 0 Å². The van der Waals surface area contributed by atoms with Gasteiger partial charge in [0.05, 0.1) is 5.69 Å². The largest absolute Gasteiger partial charge is 0.306 e. The van der Waals surface area contributed by atoms with Crippen molar-refractivity contribution in [3.63, 3.8) is 0 Å². The van der Waals surface area contributed by atoms with E-state index in [0.29, 0.717) is 17.1 Å². The highest BCUT2D eigenvalue weighted by molar-refractivity contribution is 9.10. The number of hydrogen-bond acceptors (Lipinski definition) is 2. The third-order valence-electron chi connectivity index (χ3n) is 3.12. The summed E-state index contributed by atoms with van der Waals surface area (Å²) in [4.78, 5) is 15.6. The normalized spacial score (nSPS) is 14.0. The Kier molecular flexibility index (Phi) is 4.06. The summed E-state index contributed by atoms with van der Waals surface area (Å²) in [6.07, 6.45) is 0. The van der Waals surface area contributed by atoms with Crippen molar-refractivity contribution in [2.45, 2.75) is 4.90 Å². The number of carbonyl (C=O) groups is 1. The van der Waals surface area contributed by atoms with Crippen LogP contribution in [0.25, 0.3) is 0 Å². The van der Waals surface area contributed by atoms with Crippen molar-refractivity contribution in [3.8, 4) is 0 Å². The number of halogens is 2. The van der Waals surface area contributed by atoms with Gasteiger partial charge in [0.15, 0.2) is 0 Å². The van der Waals surface area contributed by atoms with Crippen LogP contribution in [0.3, 0.4) is 0 Å². The van der Waals surface area contributed by atoms with Crippen molar-refractivity contribution < 1.29 is 4.79 Å². The van der Waals surface area contributed by atoms with Gasteiger partial charge in [-0.25, -0.2) is 0 Å². The highest BCUT2D eigenvalue weighted by Crippen LogP contribution is 2.37. The predicted octanol–water partition coefficient (Wildman–Crippen LogP) is 4.86. The minimum atomic E-state index is 0.0151. The molecule has 1 aliphatic rings. The van der Waals surface area contributed by atoms with Gasteiger partial charge in [-0.05, 0) is 42.5 Å². The first-order chi connectivity index (χ1) is 9.65. The van der Waals surface area contributed by atoms with Gasteiger partial charge in [-0.3, -0.25) is 4.79 Å². The third-order valence-corrected chi connectivity index (χ3v) is 4.93. The van der Waals surface area contributed by atoms with Crippen molar-refractivity contribution in [2.24, 2.45) is 0 Å². The van der Waals surface area contributed by atoms with E-state index in [1.807, 2.05) is 42.5 Å². The molecule has 5 heteroatoms. The molecule has 0 spiro atoms. The zero-order valence-electron chi connectivity index (χ0n) is 10.5. The number of nitrogens with zero attached hydrogens (tertiary/aromatic N) is 1. The fourth-order valence-electron chi connectivity index (χ4n) is 2.15. The number of amides is 1. The van der Waals surface area contributed by atoms with E-state index < -0.39 is 0 Å². The van der Waals surface area contributed by atoms with Gasteiger partial charge in [0.2, 0.25) is 0 Å². The van der Waals surface area contributed by atoms with Gasteiger partial charge in [-0.15, -0.1) is 11.8 Å². The third kappa shape index (κ3) is 2.73. The highest BCUT2D eigenvalue weighted by atomic mass is 79.9. The van der Waals surface area contributed by atoms with Crippen LogP contribution in [0, 0.1) is 0 Å². The van der Waals surface area contributed by atoms with Crippen LogP contribution < -0.4 is 4.90 Å². The van der Waals surface area contributed by atoms with Crippen molar-refractivity contribution in [1.29, 1.82) is 0 Å². The number of fused-ring (bicyclic) bond motifs is 1. The van der Waals surface area contributed by atoms with E-state index in [-0.39, 0.29) is 5.91 Å². The average molecular weight is 369 g/mol. The number of hydrogen-bond donors (Lipinski definition) is 0. The Bertz CT molecular complexity index is 659. The van der Waals surface area contributed by atoms with Crippen LogP contribution in [0.4, 0.5) is 5.69 Å². The molecule has 0 atom stereocenters. The second-order valence-electron chi connectivity index (χ2n) is 4.42. The Balaban J connectivity index is 1.97. The Labute approximate surface area is 135 Å². The Morgan fingerprint density at radius 3 is 2.70 bits per heavy atom. The van der Waals surface area contributed by atoms with E-state index in [1.54, 1.807) is 16.7 Å². The zero-order valence-corrected chi connectivity index (χ0v) is 13.6. The quantitative estimate of drug-likeness (QED) is 0.717. The monoisotopic (exact) mass is 367 g/mol. The highest BCUT2D eigenvalue weighted by Gasteiger charge is 2.24. The van der Waals surface area contributed by atoms with Gasteiger partial charge >= 0.3 is 0 Å². The summed E-state index contributed by atoms with van der Waals surface area (Å²) in [6, 6.07) is 13.1. The smallest absolute Gasteiger partial charge is 0.258 e. The molecule has 0 N–H and O–H groups in total. The minimum Gasteiger partial charge on any atom is -0.306 e. The summed E-state index contributed by atoms with van der Waals surface area (Å²) in [5.41, 5.74) is 1.59. The first-order valence-corrected chi connectivity index (χ1v) is 8.30. The van der Waals surface area contributed by atoms with Gasteiger partial charge in [0, 0.05) is 32.3 Å². The van der Waals surface area contributed by atoms with E-state index in [0.717, 1.165) is 20.8 Å². The summed E-state index contributed by atoms with van der Waals surface area (Å²) in [5.74, 6) is 0.915. The lowest BCUT2D eigenvalue weighted by atomic mass is 10.2. The first kappa shape index (κ1) is 14.0. The van der Waals surface area contributed by atoms with Crippen molar-refractivity contribution >= 4 is 50.9 Å². The molecule has 0 saturated heterocycles. The molecule has 0 unspecified atom stereocenters. The van der Waals surface area contributed by atoms with Crippen LogP contribution in [0.1, 0.15) is 10.4 Å². The maximum Gasteiger partial charge on any atom is 0.258 e. The average Bonchev–Trinajstić information content (AvgIpc) is 2.46. The van der Waals surface area contributed by atoms with Crippen molar-refractivity contribution in [1.82, 2.24) is 0 Å². The predicted molar refractivity (Wildman–Crippen MR) is 88.0 cm³/mol. The fourth-order valence-corrected chi connectivity index (χ4v) is 3.56. The molecular formula is C15H11BrClNOS. The molecule has 0 fully saturated rings. The molecule has 1 heterocycles. The van der Waals surface area contributed by atoms with E-state index in [2.05, 4.69) is 15.9 Å². The van der Waals surface area contributed by atoms with E-state index >= 15 is 0 Å². The molecule has 2 nitrogen and oxygen atoms in total. The lowest BCUT2D eigenvalue weighted by Crippen LogP contribution is -2.35. The maximum atomic E-state index is 12.6. The van der Waals surface area contributed by atoms with E-state index in [9.17, 15) is 4.79 Å². The standard InChI is InChI=1S/C15H11BrClNOS/c16-11-3-1-10(2-4-11)15(19)18-7-8-20-14-6-5-12(17)9-13(14)18/h1-6,9H,7-8H2. The topological polar surface area (TPSA) is 20.3 Å². The van der Waals surface area contributed by atoms with Crippen LogP contribution in [-0.4, -0.2) is 18.2 Å². The number of anilines is 1. The lowest BCUT2D eigenvalue weighted by Gasteiger charge is -2.29. The number of benzene rings is 2. The lowest BCUT2D eigenvalue weighted by molar-refractivity contribution is 0.0987. The van der Waals surface area contributed by atoms with Gasteiger partial charge in [0.1, 0.15) is 0 Å². The molecule has 0 saturated carbocycles. The summed E-state index contributed by atoms with van der Waals surface area (Å²) >= 11 is 11.2. The summed E-state index contributed by atoms with van der Waals surface area (Å²) in [5, 5.41) is 0.653. The molecular weight excluding hydrogens is 358 g/mol. The van der Waals surface area contributed by atoms with Gasteiger partial charge in [-0.2, -0.15) is 0 Å². The van der Waals surface area contributed by atoms with Gasteiger partial charge < -0.3 is 4.90 Å². The molecule has 1 aliphatic heterocycles. The Hall–Kier alpha value is -0.970. The molecule has 0 radical (unpaired) electrons. The summed E-state index contributed by atoms with van der Waals surface area (Å²) in [7, 11) is 0. The summed E-state index contributed by atoms with van der Waals surface area (Å²) < 4.78 is 0.965. The van der Waals surface area contributed by atoms with E-state index in [1.165, 1.54) is 0 Å². The molecule has 0 bridgehead atoms. The van der Waals surface area contributed by atoms with Crippen LogP contribution in [0.5, 0.6) is 0 Å². The maximum absolute atomic E-state index is 12.6. The minimum absolute atomic E-state index is 0.0151. The number of carbonyl (C=O) groups excluding carboxylic acids is 1. The second-order valence-corrected chi connectivity index (χ2v) is 6.91. The van der Waals surface area contributed by atoms with Crippen LogP contribution in [0.15, 0.2) is 51.8 Å². The van der Waals surface area contributed by atoms with Crippen LogP contribution in [0.2, 0.25) is 5.02 Å². The molecule has 20 heavy (non-hydrogen) atoms. The molecule has 3 rings (SSSR count). The SMILES string of the molecule is O=C(c1ccc(Br)cc1)N1CCSc2ccc(Cl)cc21. The number of rotatable bonds is 1. The van der Waals surface area contributed by atoms with Crippen LogP contribution >= 0.6 is 39.3 Å². The fraction of sp³-hybridized carbons (Fsp3) is 0.133. The van der Waals surface area contributed by atoms with Gasteiger partial charge in [-0.1, -0.05) is 27.5 Å². The Morgan fingerprint density at radius 1 is 1.20 bits per heavy atom. The molecule has 0 aromatic heterocycles. The van der Waals surface area contributed by atoms with E-state index in [4.69, 9.17) is 11.6 Å². The second kappa shape index (κ2) is 5.80. The Morgan fingerprint density at radius 2 is 1.95 bits per heavy atom. The zero-order chi connectivity index (χ0) is 14.1. The first-order valence-electron chi connectivity index (χ1n) is 6.15. The number of thioether (sulfide) groups is 1. The molecule has 102 valence electrons. The molecule has 2 aromatic carbocycles. The van der Waals surface area contributed by atoms with Gasteiger partial charge in [0.25, 0.3) is 5.91 Å². The molecule has 1 amide bonds. The summed E-state index contributed by atoms with van der Waals surface area (Å²) in [6.45, 7) is 0.701. The molecule has 2 aromatic rings.